The molecule has 3 heteroatoms. The van der Waals surface area contributed by atoms with E-state index in [-0.39, 0.29) is 6.54 Å². The standard InChI is InChI=1S/C3H6F2N/c1-2-6-3(4)5/h3H,2H2,1H3. The molecule has 0 saturated heterocycles. The Hall–Kier alpha value is -0.180. The monoisotopic (exact) mass is 94.0 g/mol. The molecule has 1 radical (unpaired) electrons. The van der Waals surface area contributed by atoms with Gasteiger partial charge in [-0.25, -0.2) is 0 Å². The Kier molecular flexibility index (Phi) is 2.94. The molecule has 6 heavy (non-hydrogen) atoms. The van der Waals surface area contributed by atoms with Gasteiger partial charge in [0.1, 0.15) is 0 Å². The second-order valence-electron chi connectivity index (χ2n) is 0.776. The van der Waals surface area contributed by atoms with Crippen LogP contribution < -0.4 is 5.32 Å². The van der Waals surface area contributed by atoms with E-state index >= 15 is 0 Å². The molecule has 0 heterocycles. The van der Waals surface area contributed by atoms with E-state index in [2.05, 4.69) is 5.32 Å². The van der Waals surface area contributed by atoms with Crippen molar-refractivity contribution in [2.24, 2.45) is 0 Å². The van der Waals surface area contributed by atoms with Crippen molar-refractivity contribution in [1.29, 1.82) is 0 Å². The van der Waals surface area contributed by atoms with E-state index in [0.717, 1.165) is 0 Å². The van der Waals surface area contributed by atoms with Crippen LogP contribution in [-0.4, -0.2) is 13.1 Å². The lowest BCUT2D eigenvalue weighted by Crippen LogP contribution is -2.09. The van der Waals surface area contributed by atoms with E-state index in [4.69, 9.17) is 0 Å². The van der Waals surface area contributed by atoms with Gasteiger partial charge in [-0.1, -0.05) is 6.92 Å². The lowest BCUT2D eigenvalue weighted by molar-refractivity contribution is 0.106. The Morgan fingerprint density at radius 1 is 1.67 bits per heavy atom. The molecule has 0 aromatic carbocycles. The van der Waals surface area contributed by atoms with Crippen molar-refractivity contribution < 1.29 is 8.78 Å². The molecular formula is C3H6F2N. The molecule has 0 saturated carbocycles. The first kappa shape index (κ1) is 5.82. The molecule has 37 valence electrons. The van der Waals surface area contributed by atoms with Crippen molar-refractivity contribution in [2.75, 3.05) is 6.54 Å². The van der Waals surface area contributed by atoms with E-state index < -0.39 is 6.55 Å². The van der Waals surface area contributed by atoms with Crippen LogP contribution in [0.25, 0.3) is 0 Å². The molecule has 0 rings (SSSR count). The molecule has 0 N–H and O–H groups in total. The molecule has 0 amide bonds. The Balaban J connectivity index is 2.63. The summed E-state index contributed by atoms with van der Waals surface area (Å²) in [5, 5.41) is 2.79. The van der Waals surface area contributed by atoms with Gasteiger partial charge in [-0.3, -0.25) is 0 Å². The van der Waals surface area contributed by atoms with Crippen LogP contribution in [0, 0.1) is 0 Å². The summed E-state index contributed by atoms with van der Waals surface area (Å²) in [5.41, 5.74) is 0. The third-order valence-corrected chi connectivity index (χ3v) is 0.321. The van der Waals surface area contributed by atoms with Gasteiger partial charge in [0.25, 0.3) is 0 Å². The summed E-state index contributed by atoms with van der Waals surface area (Å²) < 4.78 is 21.7. The summed E-state index contributed by atoms with van der Waals surface area (Å²) in [7, 11) is 0. The fourth-order valence-corrected chi connectivity index (χ4v) is 0.138. The Morgan fingerprint density at radius 3 is 2.17 bits per heavy atom. The third kappa shape index (κ3) is 3.82. The van der Waals surface area contributed by atoms with Crippen LogP contribution in [0.2, 0.25) is 0 Å². The number of rotatable bonds is 2. The highest BCUT2D eigenvalue weighted by Crippen LogP contribution is 1.83. The normalized spacial score (nSPS) is 10.0. The lowest BCUT2D eigenvalue weighted by atomic mass is 10.8. The smallest absolute Gasteiger partial charge is 0.190 e. The molecule has 0 aliphatic heterocycles. The topological polar surface area (TPSA) is 14.1 Å². The minimum Gasteiger partial charge on any atom is -0.190 e. The van der Waals surface area contributed by atoms with Crippen LogP contribution in [0.5, 0.6) is 0 Å². The molecule has 0 unspecified atom stereocenters. The molecule has 0 bridgehead atoms. The second-order valence-corrected chi connectivity index (χ2v) is 0.776. The number of alkyl halides is 2. The van der Waals surface area contributed by atoms with Crippen molar-refractivity contribution in [3.63, 3.8) is 0 Å². The van der Waals surface area contributed by atoms with Crippen LogP contribution in [-0.2, 0) is 0 Å². The fourth-order valence-electron chi connectivity index (χ4n) is 0.138. The highest BCUT2D eigenvalue weighted by atomic mass is 19.3. The maximum Gasteiger partial charge on any atom is 0.307 e. The molecule has 0 aliphatic carbocycles. The minimum atomic E-state index is -2.48. The van der Waals surface area contributed by atoms with Crippen LogP contribution in [0.3, 0.4) is 0 Å². The van der Waals surface area contributed by atoms with Gasteiger partial charge in [-0.15, -0.1) is 0 Å². The predicted molar refractivity (Wildman–Crippen MR) is 18.7 cm³/mol. The number of nitrogens with zero attached hydrogens (tertiary/aromatic N) is 1. The van der Waals surface area contributed by atoms with Gasteiger partial charge in [0, 0.05) is 6.54 Å². The maximum atomic E-state index is 10.9. The van der Waals surface area contributed by atoms with E-state index in [1.807, 2.05) is 0 Å². The zero-order valence-corrected chi connectivity index (χ0v) is 3.49. The quantitative estimate of drug-likeness (QED) is 0.450. The van der Waals surface area contributed by atoms with E-state index in [9.17, 15) is 8.78 Å². The minimum absolute atomic E-state index is 0.206. The van der Waals surface area contributed by atoms with Gasteiger partial charge in [0.2, 0.25) is 0 Å². The SMILES string of the molecule is CC[N]C(F)F. The fraction of sp³-hybridized carbons (Fsp3) is 1.00. The van der Waals surface area contributed by atoms with Gasteiger partial charge in [-0.2, -0.15) is 14.1 Å². The summed E-state index contributed by atoms with van der Waals surface area (Å²) in [5.74, 6) is 0. The molecule has 0 atom stereocenters. The van der Waals surface area contributed by atoms with Crippen LogP contribution in [0.1, 0.15) is 6.92 Å². The summed E-state index contributed by atoms with van der Waals surface area (Å²) in [6.07, 6.45) is 0. The molecule has 0 aliphatic rings. The number of halogens is 2. The zero-order valence-electron chi connectivity index (χ0n) is 3.49. The van der Waals surface area contributed by atoms with E-state index in [1.165, 1.54) is 0 Å². The summed E-state index contributed by atoms with van der Waals surface area (Å²) in [6.45, 7) is -0.695. The first-order valence-electron chi connectivity index (χ1n) is 1.72. The second kappa shape index (κ2) is 3.03. The van der Waals surface area contributed by atoms with Crippen molar-refractivity contribution in [2.45, 2.75) is 13.5 Å². The van der Waals surface area contributed by atoms with Crippen LogP contribution in [0.4, 0.5) is 8.78 Å². The maximum absolute atomic E-state index is 10.9. The highest BCUT2D eigenvalue weighted by molar-refractivity contribution is 4.28. The van der Waals surface area contributed by atoms with E-state index in [1.54, 1.807) is 6.92 Å². The first-order chi connectivity index (χ1) is 2.77. The van der Waals surface area contributed by atoms with Crippen molar-refractivity contribution in [3.05, 3.63) is 0 Å². The van der Waals surface area contributed by atoms with E-state index in [0.29, 0.717) is 0 Å². The zero-order chi connectivity index (χ0) is 4.99. The Bertz CT molecular complexity index is 30.0. The third-order valence-electron chi connectivity index (χ3n) is 0.321. The van der Waals surface area contributed by atoms with Gasteiger partial charge < -0.3 is 0 Å². The van der Waals surface area contributed by atoms with Gasteiger partial charge in [-0.05, 0) is 0 Å². The van der Waals surface area contributed by atoms with Gasteiger partial charge in [0.05, 0.1) is 0 Å². The Labute approximate surface area is 35.4 Å². The lowest BCUT2D eigenvalue weighted by Gasteiger charge is -1.89. The van der Waals surface area contributed by atoms with Crippen molar-refractivity contribution in [3.8, 4) is 0 Å². The molecule has 1 nitrogen and oxygen atoms in total. The largest absolute Gasteiger partial charge is 0.307 e. The van der Waals surface area contributed by atoms with Crippen LogP contribution >= 0.6 is 0 Å². The van der Waals surface area contributed by atoms with Crippen LogP contribution in [0.15, 0.2) is 0 Å². The predicted octanol–water partition coefficient (Wildman–Crippen LogP) is 0.833. The van der Waals surface area contributed by atoms with Crippen molar-refractivity contribution in [1.82, 2.24) is 5.32 Å². The van der Waals surface area contributed by atoms with Gasteiger partial charge >= 0.3 is 6.55 Å². The average Bonchev–Trinajstić information content (AvgIpc) is 1.35. The number of hydrogen-bond donors (Lipinski definition) is 0. The Morgan fingerprint density at radius 2 is 2.17 bits per heavy atom. The average molecular weight is 94.1 g/mol. The first-order valence-corrected chi connectivity index (χ1v) is 1.72. The summed E-state index contributed by atoms with van der Waals surface area (Å²) >= 11 is 0. The molecule has 0 spiro atoms. The summed E-state index contributed by atoms with van der Waals surface area (Å²) in [6, 6.07) is 0. The molecule has 0 fully saturated rings. The van der Waals surface area contributed by atoms with Gasteiger partial charge in [0.15, 0.2) is 0 Å². The highest BCUT2D eigenvalue weighted by Gasteiger charge is 1.95. The van der Waals surface area contributed by atoms with Crippen molar-refractivity contribution >= 4 is 0 Å². The summed E-state index contributed by atoms with van der Waals surface area (Å²) in [4.78, 5) is 0. The molecule has 0 aromatic heterocycles. The molecule has 0 aromatic rings. The molecular weight excluding hydrogens is 88.0 g/mol. The number of hydrogen-bond acceptors (Lipinski definition) is 0.